The minimum absolute atomic E-state index is 0.152. The number of hydrogen-bond acceptors (Lipinski definition) is 4. The predicted octanol–water partition coefficient (Wildman–Crippen LogP) is 3.63. The SMILES string of the molecule is Oc1c2c(nn1-c1cccc(C(F)(F)F)c1)-c1cccnc1NCC2. The zero-order chi connectivity index (χ0) is 17.6. The summed E-state index contributed by atoms with van der Waals surface area (Å²) >= 11 is 0. The van der Waals surface area contributed by atoms with Gasteiger partial charge in [-0.25, -0.2) is 9.67 Å². The van der Waals surface area contributed by atoms with Gasteiger partial charge in [-0.3, -0.25) is 0 Å². The normalized spacial score (nSPS) is 13.6. The molecule has 1 aliphatic rings. The summed E-state index contributed by atoms with van der Waals surface area (Å²) in [5.41, 5.74) is 1.16. The number of aromatic hydroxyl groups is 1. The van der Waals surface area contributed by atoms with Gasteiger partial charge in [-0.1, -0.05) is 6.07 Å². The zero-order valence-corrected chi connectivity index (χ0v) is 12.9. The quantitative estimate of drug-likeness (QED) is 0.706. The highest BCUT2D eigenvalue weighted by Crippen LogP contribution is 2.37. The molecule has 0 atom stereocenters. The lowest BCUT2D eigenvalue weighted by Crippen LogP contribution is -2.07. The van der Waals surface area contributed by atoms with Crippen molar-refractivity contribution in [3.8, 4) is 22.8 Å². The molecule has 8 heteroatoms. The maximum atomic E-state index is 13.0. The Kier molecular flexibility index (Phi) is 3.41. The van der Waals surface area contributed by atoms with Gasteiger partial charge in [0.25, 0.3) is 0 Å². The van der Waals surface area contributed by atoms with Crippen LogP contribution in [-0.4, -0.2) is 26.4 Å². The zero-order valence-electron chi connectivity index (χ0n) is 12.9. The van der Waals surface area contributed by atoms with Crippen LogP contribution in [0.2, 0.25) is 0 Å². The van der Waals surface area contributed by atoms with Crippen LogP contribution in [0.15, 0.2) is 42.6 Å². The second-order valence-electron chi connectivity index (χ2n) is 5.69. The number of nitrogens with one attached hydrogen (secondary N) is 1. The van der Waals surface area contributed by atoms with Gasteiger partial charge in [-0.2, -0.15) is 18.3 Å². The highest BCUT2D eigenvalue weighted by Gasteiger charge is 2.31. The van der Waals surface area contributed by atoms with E-state index in [1.54, 1.807) is 12.3 Å². The Morgan fingerprint density at radius 2 is 2.00 bits per heavy atom. The van der Waals surface area contributed by atoms with Gasteiger partial charge >= 0.3 is 6.18 Å². The van der Waals surface area contributed by atoms with E-state index in [0.29, 0.717) is 35.6 Å². The van der Waals surface area contributed by atoms with E-state index in [4.69, 9.17) is 0 Å². The molecule has 3 heterocycles. The summed E-state index contributed by atoms with van der Waals surface area (Å²) in [5, 5.41) is 18.1. The van der Waals surface area contributed by atoms with Gasteiger partial charge in [0.05, 0.1) is 11.3 Å². The van der Waals surface area contributed by atoms with Gasteiger partial charge in [0.2, 0.25) is 5.88 Å². The molecule has 0 aliphatic carbocycles. The Bertz CT molecular complexity index is 949. The third kappa shape index (κ3) is 2.59. The Hall–Kier alpha value is -3.03. The fourth-order valence-corrected chi connectivity index (χ4v) is 2.93. The third-order valence-corrected chi connectivity index (χ3v) is 4.10. The lowest BCUT2D eigenvalue weighted by Gasteiger charge is -2.10. The van der Waals surface area contributed by atoms with Crippen LogP contribution >= 0.6 is 0 Å². The van der Waals surface area contributed by atoms with Crippen LogP contribution in [0.4, 0.5) is 19.0 Å². The summed E-state index contributed by atoms with van der Waals surface area (Å²) in [6, 6.07) is 8.27. The van der Waals surface area contributed by atoms with E-state index in [0.717, 1.165) is 16.8 Å². The molecular weight excluding hydrogens is 333 g/mol. The molecule has 2 aromatic heterocycles. The fraction of sp³-hybridized carbons (Fsp3) is 0.176. The van der Waals surface area contributed by atoms with Crippen molar-refractivity contribution in [2.45, 2.75) is 12.6 Å². The molecule has 0 saturated heterocycles. The molecule has 3 aromatic rings. The van der Waals surface area contributed by atoms with Gasteiger partial charge < -0.3 is 10.4 Å². The van der Waals surface area contributed by atoms with Gasteiger partial charge in [0, 0.05) is 23.9 Å². The number of rotatable bonds is 1. The number of hydrogen-bond donors (Lipinski definition) is 2. The van der Waals surface area contributed by atoms with Crippen LogP contribution in [0.3, 0.4) is 0 Å². The number of pyridine rings is 1. The summed E-state index contributed by atoms with van der Waals surface area (Å²) in [4.78, 5) is 4.25. The van der Waals surface area contributed by atoms with Crippen molar-refractivity contribution in [2.24, 2.45) is 0 Å². The Morgan fingerprint density at radius 1 is 1.16 bits per heavy atom. The van der Waals surface area contributed by atoms with Crippen molar-refractivity contribution in [3.05, 3.63) is 53.7 Å². The molecule has 0 amide bonds. The van der Waals surface area contributed by atoms with Crippen LogP contribution in [0, 0.1) is 0 Å². The Labute approximate surface area is 140 Å². The van der Waals surface area contributed by atoms with E-state index in [9.17, 15) is 18.3 Å². The van der Waals surface area contributed by atoms with E-state index in [-0.39, 0.29) is 11.6 Å². The first-order valence-electron chi connectivity index (χ1n) is 7.63. The molecule has 4 rings (SSSR count). The molecule has 0 radical (unpaired) electrons. The highest BCUT2D eigenvalue weighted by molar-refractivity contribution is 5.77. The molecule has 1 aliphatic heterocycles. The second-order valence-corrected chi connectivity index (χ2v) is 5.69. The molecule has 0 fully saturated rings. The standard InChI is InChI=1S/C17H13F3N4O/c18-17(19,20)10-3-1-4-11(9-10)24-16(25)13-6-8-22-15-12(14(13)23-24)5-2-7-21-15/h1-5,7,9,25H,6,8H2,(H,21,22). The topological polar surface area (TPSA) is 63.0 Å². The van der Waals surface area contributed by atoms with E-state index < -0.39 is 11.7 Å². The minimum Gasteiger partial charge on any atom is -0.493 e. The van der Waals surface area contributed by atoms with Gasteiger partial charge in [-0.15, -0.1) is 0 Å². The summed E-state index contributed by atoms with van der Waals surface area (Å²) in [6.07, 6.45) is -2.34. The molecule has 0 saturated carbocycles. The number of benzene rings is 1. The van der Waals surface area contributed by atoms with Gasteiger partial charge in [0.15, 0.2) is 0 Å². The maximum Gasteiger partial charge on any atom is 0.416 e. The van der Waals surface area contributed by atoms with Gasteiger partial charge in [0.1, 0.15) is 11.5 Å². The minimum atomic E-state index is -4.46. The number of aromatic nitrogens is 3. The largest absolute Gasteiger partial charge is 0.493 e. The Balaban J connectivity index is 1.88. The third-order valence-electron chi connectivity index (χ3n) is 4.10. The summed E-state index contributed by atoms with van der Waals surface area (Å²) in [6.45, 7) is 0.541. The monoisotopic (exact) mass is 346 g/mol. The van der Waals surface area contributed by atoms with Crippen molar-refractivity contribution >= 4 is 5.82 Å². The van der Waals surface area contributed by atoms with Crippen LogP contribution < -0.4 is 5.32 Å². The summed E-state index contributed by atoms with van der Waals surface area (Å²) in [5.74, 6) is 0.475. The molecular formula is C17H13F3N4O. The van der Waals surface area contributed by atoms with Crippen molar-refractivity contribution in [2.75, 3.05) is 11.9 Å². The van der Waals surface area contributed by atoms with Crippen LogP contribution in [-0.2, 0) is 12.6 Å². The molecule has 0 spiro atoms. The highest BCUT2D eigenvalue weighted by atomic mass is 19.4. The average molecular weight is 346 g/mol. The summed E-state index contributed by atoms with van der Waals surface area (Å²) in [7, 11) is 0. The van der Waals surface area contributed by atoms with Crippen molar-refractivity contribution in [1.29, 1.82) is 0 Å². The molecule has 1 aromatic carbocycles. The van der Waals surface area contributed by atoms with Crippen LogP contribution in [0.25, 0.3) is 16.9 Å². The molecule has 25 heavy (non-hydrogen) atoms. The summed E-state index contributed by atoms with van der Waals surface area (Å²) < 4.78 is 40.0. The number of anilines is 1. The van der Waals surface area contributed by atoms with E-state index >= 15 is 0 Å². The lowest BCUT2D eigenvalue weighted by molar-refractivity contribution is -0.137. The second kappa shape index (κ2) is 5.51. The van der Waals surface area contributed by atoms with Crippen molar-refractivity contribution in [1.82, 2.24) is 14.8 Å². The number of halogens is 3. The molecule has 0 bridgehead atoms. The molecule has 128 valence electrons. The van der Waals surface area contributed by atoms with E-state index in [1.165, 1.54) is 12.1 Å². The van der Waals surface area contributed by atoms with Gasteiger partial charge in [-0.05, 0) is 36.8 Å². The molecule has 0 unspecified atom stereocenters. The molecule has 2 N–H and O–H groups in total. The smallest absolute Gasteiger partial charge is 0.416 e. The van der Waals surface area contributed by atoms with Crippen LogP contribution in [0.5, 0.6) is 5.88 Å². The average Bonchev–Trinajstić information content (AvgIpc) is 2.81. The Morgan fingerprint density at radius 3 is 2.80 bits per heavy atom. The first kappa shape index (κ1) is 15.5. The van der Waals surface area contributed by atoms with Crippen molar-refractivity contribution < 1.29 is 18.3 Å². The number of nitrogens with zero attached hydrogens (tertiary/aromatic N) is 3. The predicted molar refractivity (Wildman–Crippen MR) is 85.7 cm³/mol. The van der Waals surface area contributed by atoms with Crippen LogP contribution in [0.1, 0.15) is 11.1 Å². The van der Waals surface area contributed by atoms with E-state index in [2.05, 4.69) is 15.4 Å². The first-order valence-corrected chi connectivity index (χ1v) is 7.63. The number of alkyl halides is 3. The van der Waals surface area contributed by atoms with Crippen molar-refractivity contribution in [3.63, 3.8) is 0 Å². The number of fused-ring (bicyclic) bond motifs is 3. The lowest BCUT2D eigenvalue weighted by atomic mass is 10.1. The fourth-order valence-electron chi connectivity index (χ4n) is 2.93. The maximum absolute atomic E-state index is 13.0. The van der Waals surface area contributed by atoms with E-state index in [1.807, 2.05) is 6.07 Å². The molecule has 5 nitrogen and oxygen atoms in total. The first-order chi connectivity index (χ1) is 11.9.